The number of nitrogens with zero attached hydrogens (tertiary/aromatic N) is 3. The van der Waals surface area contributed by atoms with Gasteiger partial charge < -0.3 is 10.7 Å². The average molecular weight is 312 g/mol. The number of nitrogens with two attached hydrogens (primary N) is 1. The summed E-state index contributed by atoms with van der Waals surface area (Å²) in [6.45, 7) is 0. The van der Waals surface area contributed by atoms with E-state index < -0.39 is 0 Å². The Morgan fingerprint density at radius 2 is 2.05 bits per heavy atom. The van der Waals surface area contributed by atoms with Gasteiger partial charge in [-0.2, -0.15) is 0 Å². The molecule has 0 spiro atoms. The minimum atomic E-state index is 0.367. The molecular formula is C11H7Cl2N5S. The zero-order chi connectivity index (χ0) is 13.4. The molecule has 3 N–H and O–H groups in total. The maximum atomic E-state index is 6.11. The molecule has 19 heavy (non-hydrogen) atoms. The fourth-order valence-corrected chi connectivity index (χ4v) is 2.85. The lowest BCUT2D eigenvalue weighted by Crippen LogP contribution is -1.91. The van der Waals surface area contributed by atoms with Crippen LogP contribution < -0.4 is 5.73 Å². The molecule has 8 heteroatoms. The molecule has 5 nitrogen and oxygen atoms in total. The summed E-state index contributed by atoms with van der Waals surface area (Å²) >= 11 is 13.3. The van der Waals surface area contributed by atoms with Crippen LogP contribution in [0.1, 0.15) is 0 Å². The van der Waals surface area contributed by atoms with Crippen LogP contribution >= 0.6 is 35.0 Å². The van der Waals surface area contributed by atoms with Crippen LogP contribution in [0.4, 0.5) is 5.82 Å². The van der Waals surface area contributed by atoms with Crippen LogP contribution in [0.25, 0.3) is 11.2 Å². The molecule has 0 atom stereocenters. The molecule has 3 rings (SSSR count). The van der Waals surface area contributed by atoms with Crippen molar-refractivity contribution in [1.29, 1.82) is 0 Å². The predicted molar refractivity (Wildman–Crippen MR) is 76.7 cm³/mol. The monoisotopic (exact) mass is 311 g/mol. The first-order chi connectivity index (χ1) is 9.13. The van der Waals surface area contributed by atoms with Crippen LogP contribution in [0.3, 0.4) is 0 Å². The number of halogens is 2. The average Bonchev–Trinajstić information content (AvgIpc) is 2.77. The van der Waals surface area contributed by atoms with Gasteiger partial charge in [0.05, 0.1) is 5.02 Å². The van der Waals surface area contributed by atoms with E-state index in [1.807, 2.05) is 6.07 Å². The Labute approximate surface area is 122 Å². The number of nitrogens with one attached hydrogen (secondary N) is 1. The summed E-state index contributed by atoms with van der Waals surface area (Å²) < 4.78 is 0. The minimum Gasteiger partial charge on any atom is -0.382 e. The fourth-order valence-electron chi connectivity index (χ4n) is 1.54. The number of nitrogen functional groups attached to an aromatic ring is 1. The largest absolute Gasteiger partial charge is 0.382 e. The summed E-state index contributed by atoms with van der Waals surface area (Å²) in [5, 5.41) is 1.80. The predicted octanol–water partition coefficient (Wildman–Crippen LogP) is 3.39. The van der Waals surface area contributed by atoms with Gasteiger partial charge in [0.25, 0.3) is 0 Å². The second-order valence-corrected chi connectivity index (χ2v) is 5.55. The minimum absolute atomic E-state index is 0.367. The first kappa shape index (κ1) is 12.5. The summed E-state index contributed by atoms with van der Waals surface area (Å²) in [6, 6.07) is 5.28. The van der Waals surface area contributed by atoms with Gasteiger partial charge in [0.1, 0.15) is 11.8 Å². The third kappa shape index (κ3) is 2.47. The van der Waals surface area contributed by atoms with Gasteiger partial charge in [0, 0.05) is 9.92 Å². The summed E-state index contributed by atoms with van der Waals surface area (Å²) in [5.74, 6) is 0.367. The number of hydrogen-bond donors (Lipinski definition) is 2. The van der Waals surface area contributed by atoms with Crippen molar-refractivity contribution in [3.63, 3.8) is 0 Å². The van der Waals surface area contributed by atoms with Crippen molar-refractivity contribution >= 4 is 51.9 Å². The van der Waals surface area contributed by atoms with Gasteiger partial charge in [-0.25, -0.2) is 15.0 Å². The summed E-state index contributed by atoms with van der Waals surface area (Å²) in [6.07, 6.45) is 1.38. The van der Waals surface area contributed by atoms with Crippen LogP contribution in [0.5, 0.6) is 0 Å². The topological polar surface area (TPSA) is 80.5 Å². The second kappa shape index (κ2) is 4.88. The van der Waals surface area contributed by atoms with Crippen LogP contribution in [0.15, 0.2) is 34.6 Å². The Hall–Kier alpha value is -1.50. The van der Waals surface area contributed by atoms with E-state index in [0.717, 1.165) is 4.90 Å². The Balaban J connectivity index is 1.99. The van der Waals surface area contributed by atoms with Gasteiger partial charge in [-0.05, 0) is 18.2 Å². The van der Waals surface area contributed by atoms with Gasteiger partial charge in [-0.3, -0.25) is 0 Å². The highest BCUT2D eigenvalue weighted by Crippen LogP contribution is 2.34. The first-order valence-electron chi connectivity index (χ1n) is 5.22. The number of fused-ring (bicyclic) bond motifs is 1. The lowest BCUT2D eigenvalue weighted by Gasteiger charge is -2.01. The van der Waals surface area contributed by atoms with E-state index in [1.54, 1.807) is 12.1 Å². The zero-order valence-corrected chi connectivity index (χ0v) is 11.7. The third-order valence-corrected chi connectivity index (χ3v) is 4.02. The highest BCUT2D eigenvalue weighted by atomic mass is 35.5. The summed E-state index contributed by atoms with van der Waals surface area (Å²) in [4.78, 5) is 16.2. The molecule has 0 aliphatic carbocycles. The van der Waals surface area contributed by atoms with Gasteiger partial charge in [0.2, 0.25) is 0 Å². The van der Waals surface area contributed by atoms with E-state index in [2.05, 4.69) is 19.9 Å². The Morgan fingerprint density at radius 1 is 1.21 bits per heavy atom. The van der Waals surface area contributed by atoms with Gasteiger partial charge in [-0.15, -0.1) is 0 Å². The Morgan fingerprint density at radius 3 is 2.79 bits per heavy atom. The quantitative estimate of drug-likeness (QED) is 0.758. The first-order valence-corrected chi connectivity index (χ1v) is 6.80. The Bertz CT molecular complexity index is 758. The number of benzene rings is 1. The van der Waals surface area contributed by atoms with E-state index >= 15 is 0 Å². The highest BCUT2D eigenvalue weighted by Gasteiger charge is 2.10. The lowest BCUT2D eigenvalue weighted by molar-refractivity contribution is 1.07. The SMILES string of the molecule is Nc1ncnc2nc(Sc3ccc(Cl)cc3Cl)[nH]c12. The van der Waals surface area contributed by atoms with E-state index in [-0.39, 0.29) is 0 Å². The van der Waals surface area contributed by atoms with Crippen molar-refractivity contribution < 1.29 is 0 Å². The fraction of sp³-hybridized carbons (Fsp3) is 0. The van der Waals surface area contributed by atoms with E-state index in [1.165, 1.54) is 18.1 Å². The number of hydrogen-bond acceptors (Lipinski definition) is 5. The molecule has 2 aromatic heterocycles. The number of H-pyrrole nitrogens is 1. The molecule has 0 aliphatic rings. The number of anilines is 1. The standard InChI is InChI=1S/C11H7Cl2N5S/c12-5-1-2-7(6(13)3-5)19-11-17-8-9(14)15-4-16-10(8)18-11/h1-4H,(H3,14,15,16,17,18). The number of rotatable bonds is 2. The van der Waals surface area contributed by atoms with Crippen molar-refractivity contribution in [2.45, 2.75) is 10.1 Å². The molecular weight excluding hydrogens is 305 g/mol. The normalized spacial score (nSPS) is 11.1. The maximum absolute atomic E-state index is 6.11. The molecule has 2 heterocycles. The lowest BCUT2D eigenvalue weighted by atomic mass is 10.4. The molecule has 96 valence electrons. The second-order valence-electron chi connectivity index (χ2n) is 3.68. The molecule has 0 bridgehead atoms. The van der Waals surface area contributed by atoms with Crippen molar-refractivity contribution in [3.05, 3.63) is 34.6 Å². The van der Waals surface area contributed by atoms with Crippen molar-refractivity contribution in [2.24, 2.45) is 0 Å². The molecule has 3 aromatic rings. The van der Waals surface area contributed by atoms with Crippen LogP contribution in [0, 0.1) is 0 Å². The van der Waals surface area contributed by atoms with E-state index in [9.17, 15) is 0 Å². The van der Waals surface area contributed by atoms with Crippen LogP contribution in [-0.4, -0.2) is 19.9 Å². The third-order valence-electron chi connectivity index (χ3n) is 2.40. The van der Waals surface area contributed by atoms with Crippen molar-refractivity contribution in [2.75, 3.05) is 5.73 Å². The molecule has 0 unspecified atom stereocenters. The van der Waals surface area contributed by atoms with Gasteiger partial charge >= 0.3 is 0 Å². The molecule has 1 aromatic carbocycles. The zero-order valence-electron chi connectivity index (χ0n) is 9.39. The molecule has 0 saturated heterocycles. The summed E-state index contributed by atoms with van der Waals surface area (Å²) in [5.41, 5.74) is 6.89. The smallest absolute Gasteiger partial charge is 0.183 e. The maximum Gasteiger partial charge on any atom is 0.183 e. The van der Waals surface area contributed by atoms with Crippen molar-refractivity contribution in [3.8, 4) is 0 Å². The molecule has 0 fully saturated rings. The molecule has 0 amide bonds. The van der Waals surface area contributed by atoms with Gasteiger partial charge in [0.15, 0.2) is 16.6 Å². The number of aromatic nitrogens is 4. The highest BCUT2D eigenvalue weighted by molar-refractivity contribution is 7.99. The van der Waals surface area contributed by atoms with E-state index in [0.29, 0.717) is 32.2 Å². The summed E-state index contributed by atoms with van der Waals surface area (Å²) in [7, 11) is 0. The van der Waals surface area contributed by atoms with Gasteiger partial charge in [-0.1, -0.05) is 35.0 Å². The molecule has 0 radical (unpaired) electrons. The molecule has 0 saturated carbocycles. The Kier molecular flexibility index (Phi) is 3.22. The number of imidazole rings is 1. The van der Waals surface area contributed by atoms with E-state index in [4.69, 9.17) is 28.9 Å². The van der Waals surface area contributed by atoms with Crippen molar-refractivity contribution in [1.82, 2.24) is 19.9 Å². The van der Waals surface area contributed by atoms with Crippen LogP contribution in [-0.2, 0) is 0 Å². The van der Waals surface area contributed by atoms with Crippen LogP contribution in [0.2, 0.25) is 10.0 Å². The number of aromatic amines is 1. The molecule has 0 aliphatic heterocycles.